The molecular weight excluding hydrogens is 270 g/mol. The molecule has 92 valence electrons. The standard InChI is InChI=1S/C8H7NO6S2/c10-16(11,12)8-5-6-3-1-2-4-7(6)9(8)17(13,14)15/h1-4H,5H2,(H-,10,11,12,13,14,15). The normalized spacial score (nSPS) is 16.1. The summed E-state index contributed by atoms with van der Waals surface area (Å²) in [4.78, 5) is 0. The first-order valence-corrected chi connectivity index (χ1v) is 7.19. The van der Waals surface area contributed by atoms with Crippen molar-refractivity contribution >= 4 is 31.2 Å². The summed E-state index contributed by atoms with van der Waals surface area (Å²) in [5.74, 6) is 0. The maximum atomic E-state index is 11.1. The largest absolute Gasteiger partial charge is 0.740 e. The zero-order valence-corrected chi connectivity index (χ0v) is 9.90. The van der Waals surface area contributed by atoms with Crippen LogP contribution in [-0.2, 0) is 26.8 Å². The van der Waals surface area contributed by atoms with Gasteiger partial charge in [0.1, 0.15) is 0 Å². The number of hydrogen-bond acceptors (Lipinski definition) is 5. The van der Waals surface area contributed by atoms with Gasteiger partial charge in [0, 0.05) is 11.6 Å². The third kappa shape index (κ3) is 2.09. The molecule has 1 N–H and O–H groups in total. The maximum absolute atomic E-state index is 11.1. The van der Waals surface area contributed by atoms with Gasteiger partial charge in [0.05, 0.1) is 6.42 Å². The molecule has 0 saturated heterocycles. The van der Waals surface area contributed by atoms with Crippen LogP contribution < -0.4 is 0 Å². The average molecular weight is 277 g/mol. The Morgan fingerprint density at radius 3 is 2.29 bits per heavy atom. The number of nitrogens with zero attached hydrogens (tertiary/aromatic N) is 1. The summed E-state index contributed by atoms with van der Waals surface area (Å²) in [6.07, 6.45) is -0.345. The molecule has 1 aliphatic heterocycles. The summed E-state index contributed by atoms with van der Waals surface area (Å²) >= 11 is 0. The van der Waals surface area contributed by atoms with Crippen LogP contribution in [0.3, 0.4) is 0 Å². The van der Waals surface area contributed by atoms with E-state index in [1.165, 1.54) is 18.2 Å². The molecule has 9 heteroatoms. The third-order valence-corrected chi connectivity index (χ3v) is 4.20. The van der Waals surface area contributed by atoms with Gasteiger partial charge in [-0.05, 0) is 3.98 Å². The SMILES string of the molecule is O=S(=O)([O-])C1=[N+](S(=O)(=O)O)c2ccccc2C1. The van der Waals surface area contributed by atoms with Gasteiger partial charge in [-0.15, -0.1) is 8.42 Å². The van der Waals surface area contributed by atoms with E-state index in [1.54, 1.807) is 6.07 Å². The predicted octanol–water partition coefficient (Wildman–Crippen LogP) is -0.367. The van der Waals surface area contributed by atoms with Crippen molar-refractivity contribution in [2.45, 2.75) is 6.42 Å². The van der Waals surface area contributed by atoms with Crippen LogP contribution in [0.25, 0.3) is 0 Å². The second-order valence-corrected chi connectivity index (χ2v) is 6.04. The lowest BCUT2D eigenvalue weighted by Crippen LogP contribution is -2.26. The Hall–Kier alpha value is -1.29. The summed E-state index contributed by atoms with van der Waals surface area (Å²) in [6, 6.07) is 5.83. The Bertz CT molecular complexity index is 716. The van der Waals surface area contributed by atoms with E-state index in [1.807, 2.05) is 0 Å². The monoisotopic (exact) mass is 277 g/mol. The number of rotatable bonds is 1. The van der Waals surface area contributed by atoms with Crippen molar-refractivity contribution in [2.24, 2.45) is 0 Å². The minimum absolute atomic E-state index is 0.0237. The van der Waals surface area contributed by atoms with Gasteiger partial charge >= 0.3 is 10.3 Å². The maximum Gasteiger partial charge on any atom is 0.512 e. The first kappa shape index (κ1) is 12.2. The molecule has 0 aromatic heterocycles. The van der Waals surface area contributed by atoms with E-state index in [-0.39, 0.29) is 16.1 Å². The van der Waals surface area contributed by atoms with Crippen molar-refractivity contribution in [3.8, 4) is 0 Å². The molecule has 0 fully saturated rings. The molecule has 1 aliphatic rings. The molecule has 7 nitrogen and oxygen atoms in total. The van der Waals surface area contributed by atoms with E-state index >= 15 is 0 Å². The van der Waals surface area contributed by atoms with Crippen molar-refractivity contribution < 1.29 is 29.9 Å². The third-order valence-electron chi connectivity index (χ3n) is 2.30. The molecule has 0 saturated carbocycles. The Labute approximate surface area is 97.7 Å². The predicted molar refractivity (Wildman–Crippen MR) is 56.3 cm³/mol. The Morgan fingerprint density at radius 2 is 1.76 bits per heavy atom. The average Bonchev–Trinajstić information content (AvgIpc) is 2.54. The molecule has 0 atom stereocenters. The van der Waals surface area contributed by atoms with Gasteiger partial charge < -0.3 is 4.55 Å². The summed E-state index contributed by atoms with van der Waals surface area (Å²) in [7, 11) is -9.78. The summed E-state index contributed by atoms with van der Waals surface area (Å²) in [5.41, 5.74) is 0.323. The fourth-order valence-electron chi connectivity index (χ4n) is 1.67. The van der Waals surface area contributed by atoms with Crippen LogP contribution in [0, 0.1) is 0 Å². The highest BCUT2D eigenvalue weighted by molar-refractivity contribution is 8.01. The first-order chi connectivity index (χ1) is 7.71. The van der Waals surface area contributed by atoms with Crippen LogP contribution in [0.5, 0.6) is 0 Å². The fraction of sp³-hybridized carbons (Fsp3) is 0.125. The van der Waals surface area contributed by atoms with Crippen LogP contribution in [0.1, 0.15) is 5.56 Å². The fourth-order valence-corrected chi connectivity index (χ4v) is 3.61. The zero-order valence-electron chi connectivity index (χ0n) is 8.27. The van der Waals surface area contributed by atoms with Crippen LogP contribution in [0.15, 0.2) is 24.3 Å². The molecule has 0 aliphatic carbocycles. The van der Waals surface area contributed by atoms with Crippen molar-refractivity contribution in [3.63, 3.8) is 0 Å². The Kier molecular flexibility index (Phi) is 2.58. The Morgan fingerprint density at radius 1 is 1.18 bits per heavy atom. The number of hydrogen-bond donors (Lipinski definition) is 1. The summed E-state index contributed by atoms with van der Waals surface area (Å²) < 4.78 is 64.2. The topological polar surface area (TPSA) is 115 Å². The molecule has 0 bridgehead atoms. The van der Waals surface area contributed by atoms with Crippen molar-refractivity contribution in [3.05, 3.63) is 29.8 Å². The molecule has 0 spiro atoms. The quantitative estimate of drug-likeness (QED) is 0.553. The highest BCUT2D eigenvalue weighted by atomic mass is 32.2. The minimum atomic E-state index is -4.95. The van der Waals surface area contributed by atoms with Crippen LogP contribution in [0.4, 0.5) is 5.69 Å². The highest BCUT2D eigenvalue weighted by Crippen LogP contribution is 2.29. The van der Waals surface area contributed by atoms with E-state index < -0.39 is 25.5 Å². The van der Waals surface area contributed by atoms with Crippen molar-refractivity contribution in [2.75, 3.05) is 0 Å². The smallest absolute Gasteiger partial charge is 0.512 e. The highest BCUT2D eigenvalue weighted by Gasteiger charge is 2.41. The molecule has 1 aromatic rings. The lowest BCUT2D eigenvalue weighted by molar-refractivity contribution is -0.266. The van der Waals surface area contributed by atoms with Crippen molar-refractivity contribution in [1.29, 1.82) is 0 Å². The summed E-state index contributed by atoms with van der Waals surface area (Å²) in [5, 5.41) is -0.888. The molecule has 17 heavy (non-hydrogen) atoms. The van der Waals surface area contributed by atoms with Gasteiger partial charge in [0.15, 0.2) is 10.1 Å². The summed E-state index contributed by atoms with van der Waals surface area (Å²) in [6.45, 7) is 0. The Balaban J connectivity index is 2.83. The van der Waals surface area contributed by atoms with E-state index in [2.05, 4.69) is 0 Å². The van der Waals surface area contributed by atoms with E-state index in [0.29, 0.717) is 5.56 Å². The molecule has 2 rings (SSSR count). The van der Waals surface area contributed by atoms with E-state index in [9.17, 15) is 21.4 Å². The first-order valence-electron chi connectivity index (χ1n) is 4.38. The van der Waals surface area contributed by atoms with Gasteiger partial charge in [-0.25, -0.2) is 13.0 Å². The molecular formula is C8H7NO6S2. The van der Waals surface area contributed by atoms with Gasteiger partial charge in [-0.1, -0.05) is 18.2 Å². The lowest BCUT2D eigenvalue weighted by atomic mass is 10.2. The van der Waals surface area contributed by atoms with Gasteiger partial charge in [0.2, 0.25) is 5.69 Å². The van der Waals surface area contributed by atoms with E-state index in [4.69, 9.17) is 4.55 Å². The number of benzene rings is 1. The molecule has 0 radical (unpaired) electrons. The second-order valence-electron chi connectivity index (χ2n) is 3.40. The lowest BCUT2D eigenvalue weighted by Gasteiger charge is -2.02. The van der Waals surface area contributed by atoms with Gasteiger partial charge in [-0.3, -0.25) is 0 Å². The van der Waals surface area contributed by atoms with Crippen molar-refractivity contribution in [1.82, 2.24) is 0 Å². The molecule has 0 amide bonds. The second kappa shape index (κ2) is 3.60. The molecule has 1 heterocycles. The van der Waals surface area contributed by atoms with Gasteiger partial charge in [-0.2, -0.15) is 0 Å². The van der Waals surface area contributed by atoms with Crippen LogP contribution >= 0.6 is 0 Å². The van der Waals surface area contributed by atoms with Crippen LogP contribution in [-0.4, -0.2) is 35.0 Å². The van der Waals surface area contributed by atoms with E-state index in [0.717, 1.165) is 0 Å². The minimum Gasteiger partial charge on any atom is -0.740 e. The number of fused-ring (bicyclic) bond motifs is 1. The zero-order chi connectivity index (χ0) is 12.8. The van der Waals surface area contributed by atoms with Crippen LogP contribution in [0.2, 0.25) is 0 Å². The molecule has 0 unspecified atom stereocenters. The number of para-hydroxylation sites is 1. The molecule has 1 aromatic carbocycles. The van der Waals surface area contributed by atoms with Gasteiger partial charge in [0.25, 0.3) is 5.04 Å².